The second-order valence-electron chi connectivity index (χ2n) is 3.46. The summed E-state index contributed by atoms with van der Waals surface area (Å²) in [5.74, 6) is 0.343. The Morgan fingerprint density at radius 1 is 1.47 bits per heavy atom. The van der Waals surface area contributed by atoms with Crippen molar-refractivity contribution in [3.05, 3.63) is 5.82 Å². The summed E-state index contributed by atoms with van der Waals surface area (Å²) in [5, 5.41) is 9.47. The van der Waals surface area contributed by atoms with Gasteiger partial charge in [0.1, 0.15) is 0 Å². The predicted molar refractivity (Wildman–Crippen MR) is 62.5 cm³/mol. The van der Waals surface area contributed by atoms with Gasteiger partial charge in [-0.2, -0.15) is 29.3 Å². The molecule has 0 aliphatic carbocycles. The Kier molecular flexibility index (Phi) is 5.02. The molecule has 0 aliphatic rings. The highest BCUT2D eigenvalue weighted by atomic mass is 32.2. The minimum absolute atomic E-state index is 0.261. The molecule has 17 heavy (non-hydrogen) atoms. The SMILES string of the molecule is CN(C)c1nc(CSCC(O)C(F)(F)F)ns1. The number of aromatic nitrogens is 2. The number of hydrogen-bond donors (Lipinski definition) is 1. The highest BCUT2D eigenvalue weighted by Gasteiger charge is 2.37. The Morgan fingerprint density at radius 2 is 2.12 bits per heavy atom. The largest absolute Gasteiger partial charge is 0.415 e. The van der Waals surface area contributed by atoms with E-state index in [-0.39, 0.29) is 5.75 Å². The van der Waals surface area contributed by atoms with Crippen LogP contribution in [-0.2, 0) is 5.75 Å². The summed E-state index contributed by atoms with van der Waals surface area (Å²) < 4.78 is 40.0. The molecular formula is C8H12F3N3OS2. The van der Waals surface area contributed by atoms with Gasteiger partial charge in [-0.05, 0) is 0 Å². The Labute approximate surface area is 105 Å². The quantitative estimate of drug-likeness (QED) is 0.894. The molecule has 1 aromatic heterocycles. The topological polar surface area (TPSA) is 49.2 Å². The van der Waals surface area contributed by atoms with Crippen LogP contribution in [0.3, 0.4) is 0 Å². The van der Waals surface area contributed by atoms with Crippen molar-refractivity contribution < 1.29 is 18.3 Å². The first-order valence-electron chi connectivity index (χ1n) is 4.63. The molecule has 0 aliphatic heterocycles. The molecule has 0 radical (unpaired) electrons. The van der Waals surface area contributed by atoms with E-state index in [9.17, 15) is 13.2 Å². The van der Waals surface area contributed by atoms with Gasteiger partial charge in [0.25, 0.3) is 0 Å². The van der Waals surface area contributed by atoms with Gasteiger partial charge in [-0.25, -0.2) is 4.98 Å². The van der Waals surface area contributed by atoms with E-state index in [1.165, 1.54) is 11.5 Å². The molecule has 1 atom stereocenters. The van der Waals surface area contributed by atoms with Crippen LogP contribution in [0.4, 0.5) is 18.3 Å². The molecule has 4 nitrogen and oxygen atoms in total. The van der Waals surface area contributed by atoms with E-state index in [0.29, 0.717) is 11.0 Å². The third-order valence-electron chi connectivity index (χ3n) is 1.72. The van der Waals surface area contributed by atoms with Crippen molar-refractivity contribution in [2.45, 2.75) is 18.0 Å². The van der Waals surface area contributed by atoms with E-state index in [2.05, 4.69) is 9.36 Å². The molecule has 0 saturated carbocycles. The van der Waals surface area contributed by atoms with E-state index >= 15 is 0 Å². The average Bonchev–Trinajstić information content (AvgIpc) is 2.64. The van der Waals surface area contributed by atoms with Crippen LogP contribution < -0.4 is 4.90 Å². The van der Waals surface area contributed by atoms with Gasteiger partial charge < -0.3 is 10.0 Å². The molecule has 0 bridgehead atoms. The molecule has 0 aromatic carbocycles. The highest BCUT2D eigenvalue weighted by molar-refractivity contribution is 7.98. The van der Waals surface area contributed by atoms with Crippen molar-refractivity contribution in [1.29, 1.82) is 0 Å². The smallest absolute Gasteiger partial charge is 0.383 e. The van der Waals surface area contributed by atoms with Crippen molar-refractivity contribution in [3.63, 3.8) is 0 Å². The van der Waals surface area contributed by atoms with E-state index < -0.39 is 18.0 Å². The second-order valence-corrected chi connectivity index (χ2v) is 5.22. The van der Waals surface area contributed by atoms with Crippen LogP contribution in [0.15, 0.2) is 0 Å². The van der Waals surface area contributed by atoms with Crippen LogP contribution in [-0.4, -0.2) is 46.6 Å². The lowest BCUT2D eigenvalue weighted by Crippen LogP contribution is -2.30. The van der Waals surface area contributed by atoms with E-state index in [1.807, 2.05) is 14.1 Å². The summed E-state index contributed by atoms with van der Waals surface area (Å²) in [7, 11) is 3.62. The number of halogens is 3. The van der Waals surface area contributed by atoms with Gasteiger partial charge >= 0.3 is 6.18 Å². The lowest BCUT2D eigenvalue weighted by atomic mass is 10.4. The maximum atomic E-state index is 12.0. The van der Waals surface area contributed by atoms with Gasteiger partial charge in [0.15, 0.2) is 11.9 Å². The van der Waals surface area contributed by atoms with Crippen molar-refractivity contribution in [2.24, 2.45) is 0 Å². The summed E-state index contributed by atoms with van der Waals surface area (Å²) >= 11 is 2.15. The van der Waals surface area contributed by atoms with E-state index in [4.69, 9.17) is 5.11 Å². The molecule has 9 heteroatoms. The maximum absolute atomic E-state index is 12.0. The first kappa shape index (κ1) is 14.5. The minimum atomic E-state index is -4.56. The first-order valence-corrected chi connectivity index (χ1v) is 6.56. The fourth-order valence-corrected chi connectivity index (χ4v) is 2.37. The molecule has 98 valence electrons. The van der Waals surface area contributed by atoms with Crippen LogP contribution >= 0.6 is 23.3 Å². The van der Waals surface area contributed by atoms with Gasteiger partial charge in [-0.15, -0.1) is 0 Å². The van der Waals surface area contributed by atoms with Gasteiger partial charge in [0.2, 0.25) is 5.13 Å². The number of aliphatic hydroxyl groups excluding tert-OH is 1. The molecule has 0 fully saturated rings. The number of aliphatic hydroxyl groups is 1. The molecule has 1 heterocycles. The Bertz CT molecular complexity index is 356. The van der Waals surface area contributed by atoms with Gasteiger partial charge in [-0.1, -0.05) is 0 Å². The monoisotopic (exact) mass is 287 g/mol. The molecule has 1 N–H and O–H groups in total. The van der Waals surface area contributed by atoms with Crippen molar-refractivity contribution >= 4 is 28.4 Å². The van der Waals surface area contributed by atoms with Crippen LogP contribution in [0.1, 0.15) is 5.82 Å². The van der Waals surface area contributed by atoms with Gasteiger partial charge in [0, 0.05) is 31.4 Å². The molecule has 1 rings (SSSR count). The van der Waals surface area contributed by atoms with E-state index in [1.54, 1.807) is 4.90 Å². The number of hydrogen-bond acceptors (Lipinski definition) is 6. The fraction of sp³-hybridized carbons (Fsp3) is 0.750. The lowest BCUT2D eigenvalue weighted by molar-refractivity contribution is -0.195. The number of nitrogens with zero attached hydrogens (tertiary/aromatic N) is 3. The summed E-state index contributed by atoms with van der Waals surface area (Å²) in [6, 6.07) is 0. The third kappa shape index (κ3) is 4.68. The van der Waals surface area contributed by atoms with Crippen molar-refractivity contribution in [2.75, 3.05) is 24.7 Å². The number of alkyl halides is 3. The third-order valence-corrected chi connectivity index (χ3v) is 3.66. The molecule has 0 amide bonds. The number of thioether (sulfide) groups is 1. The van der Waals surface area contributed by atoms with Crippen LogP contribution in [0.5, 0.6) is 0 Å². The predicted octanol–water partition coefficient (Wildman–Crippen LogP) is 1.76. The summed E-state index contributed by atoms with van der Waals surface area (Å²) in [4.78, 5) is 5.89. The van der Waals surface area contributed by atoms with Crippen molar-refractivity contribution in [3.8, 4) is 0 Å². The standard InChI is InChI=1S/C8H12F3N3OS2/c1-14(2)7-12-6(13-17-7)4-16-3-5(15)8(9,10)11/h5,15H,3-4H2,1-2H3. The number of anilines is 1. The fourth-order valence-electron chi connectivity index (χ4n) is 0.841. The average molecular weight is 287 g/mol. The Morgan fingerprint density at radius 3 is 2.59 bits per heavy atom. The maximum Gasteiger partial charge on any atom is 0.415 e. The van der Waals surface area contributed by atoms with Crippen LogP contribution in [0.25, 0.3) is 0 Å². The van der Waals surface area contributed by atoms with E-state index in [0.717, 1.165) is 11.8 Å². The van der Waals surface area contributed by atoms with Gasteiger partial charge in [-0.3, -0.25) is 0 Å². The normalized spacial score (nSPS) is 13.8. The minimum Gasteiger partial charge on any atom is -0.383 e. The zero-order chi connectivity index (χ0) is 13.1. The molecule has 0 spiro atoms. The molecular weight excluding hydrogens is 275 g/mol. The first-order chi connectivity index (χ1) is 7.80. The number of rotatable bonds is 5. The second kappa shape index (κ2) is 5.87. The van der Waals surface area contributed by atoms with Gasteiger partial charge in [0.05, 0.1) is 5.75 Å². The van der Waals surface area contributed by atoms with Crippen LogP contribution in [0, 0.1) is 0 Å². The lowest BCUT2D eigenvalue weighted by Gasteiger charge is -2.13. The molecule has 0 saturated heterocycles. The summed E-state index contributed by atoms with van der Waals surface area (Å²) in [6.45, 7) is 0. The summed E-state index contributed by atoms with van der Waals surface area (Å²) in [6.07, 6.45) is -6.85. The summed E-state index contributed by atoms with van der Waals surface area (Å²) in [5.41, 5.74) is 0. The van der Waals surface area contributed by atoms with Crippen molar-refractivity contribution in [1.82, 2.24) is 9.36 Å². The zero-order valence-electron chi connectivity index (χ0n) is 9.23. The Balaban J connectivity index is 2.36. The zero-order valence-corrected chi connectivity index (χ0v) is 10.9. The molecule has 1 aromatic rings. The molecule has 1 unspecified atom stereocenters. The van der Waals surface area contributed by atoms with Crippen LogP contribution in [0.2, 0.25) is 0 Å². The Hall–Kier alpha value is -0.540. The highest BCUT2D eigenvalue weighted by Crippen LogP contribution is 2.24.